The van der Waals surface area contributed by atoms with Gasteiger partial charge in [0, 0.05) is 31.9 Å². The van der Waals surface area contributed by atoms with Gasteiger partial charge in [-0.2, -0.15) is 0 Å². The standard InChI is InChI=1S/C22H19F2N5O4/c1-11-27-28-20(31-11)16-7-18(26-10-25-16)32-15-8-22(9-15)21(30)29-17(2-3-19(29)33-22)12-4-13(23)6-14(24)5-12/h4-7,10,15,17,19H,2-3,8-9H2,1H3/t15?,17-,19+,22?/m0/s1. The van der Waals surface area contributed by atoms with Crippen LogP contribution in [0.1, 0.15) is 43.2 Å². The molecule has 2 atom stereocenters. The molecule has 1 saturated carbocycles. The quantitative estimate of drug-likeness (QED) is 0.591. The number of rotatable bonds is 4. The Morgan fingerprint density at radius 3 is 2.61 bits per heavy atom. The summed E-state index contributed by atoms with van der Waals surface area (Å²) >= 11 is 0. The molecule has 3 fully saturated rings. The molecule has 170 valence electrons. The Balaban J connectivity index is 1.15. The average Bonchev–Trinajstić information content (AvgIpc) is 3.43. The SMILES string of the molecule is Cc1nnc(-c2cc(OC3CC4(C3)O[C@@H]3CC[C@@H](c5cc(F)cc(F)c5)N3C4=O)ncn2)o1. The van der Waals surface area contributed by atoms with Gasteiger partial charge in [0.25, 0.3) is 11.8 Å². The molecule has 1 amide bonds. The van der Waals surface area contributed by atoms with Crippen molar-refractivity contribution in [3.05, 3.63) is 53.7 Å². The van der Waals surface area contributed by atoms with Gasteiger partial charge < -0.3 is 18.8 Å². The third-order valence-corrected chi connectivity index (χ3v) is 6.38. The maximum absolute atomic E-state index is 13.7. The van der Waals surface area contributed by atoms with Crippen molar-refractivity contribution < 1.29 is 27.5 Å². The molecule has 0 radical (unpaired) electrons. The van der Waals surface area contributed by atoms with Crippen molar-refractivity contribution in [1.29, 1.82) is 0 Å². The van der Waals surface area contributed by atoms with E-state index in [1.807, 2.05) is 0 Å². The minimum absolute atomic E-state index is 0.163. The van der Waals surface area contributed by atoms with Gasteiger partial charge in [0.1, 0.15) is 36.0 Å². The van der Waals surface area contributed by atoms with Gasteiger partial charge in [-0.05, 0) is 30.5 Å². The van der Waals surface area contributed by atoms with Gasteiger partial charge in [-0.15, -0.1) is 10.2 Å². The fourth-order valence-corrected chi connectivity index (χ4v) is 4.93. The minimum Gasteiger partial charge on any atom is -0.474 e. The van der Waals surface area contributed by atoms with E-state index in [1.165, 1.54) is 18.5 Å². The molecule has 4 heterocycles. The Morgan fingerprint density at radius 2 is 1.88 bits per heavy atom. The number of ether oxygens (including phenoxy) is 2. The van der Waals surface area contributed by atoms with Crippen molar-refractivity contribution in [1.82, 2.24) is 25.1 Å². The molecular formula is C22H19F2N5O4. The van der Waals surface area contributed by atoms with Crippen molar-refractivity contribution in [2.24, 2.45) is 0 Å². The van der Waals surface area contributed by atoms with Crippen molar-refractivity contribution in [3.63, 3.8) is 0 Å². The Labute approximate surface area is 186 Å². The second-order valence-corrected chi connectivity index (χ2v) is 8.59. The van der Waals surface area contributed by atoms with Gasteiger partial charge in [0.15, 0.2) is 5.60 Å². The first-order valence-corrected chi connectivity index (χ1v) is 10.7. The predicted molar refractivity (Wildman–Crippen MR) is 106 cm³/mol. The fraction of sp³-hybridized carbons (Fsp3) is 0.409. The van der Waals surface area contributed by atoms with Crippen LogP contribution in [0.3, 0.4) is 0 Å². The smallest absolute Gasteiger partial charge is 0.266 e. The Kier molecular flexibility index (Phi) is 4.44. The molecule has 1 spiro atoms. The number of aromatic nitrogens is 4. The van der Waals surface area contributed by atoms with E-state index in [9.17, 15) is 13.6 Å². The monoisotopic (exact) mass is 455 g/mol. The van der Waals surface area contributed by atoms with Gasteiger partial charge in [-0.1, -0.05) is 0 Å². The molecule has 11 heteroatoms. The predicted octanol–water partition coefficient (Wildman–Crippen LogP) is 3.11. The highest BCUT2D eigenvalue weighted by atomic mass is 19.1. The van der Waals surface area contributed by atoms with Crippen LogP contribution in [-0.2, 0) is 9.53 Å². The molecule has 2 saturated heterocycles. The van der Waals surface area contributed by atoms with E-state index in [-0.39, 0.29) is 17.9 Å². The summed E-state index contributed by atoms with van der Waals surface area (Å²) in [5.74, 6) is -0.470. The number of carbonyl (C=O) groups is 1. The van der Waals surface area contributed by atoms with Gasteiger partial charge in [0.2, 0.25) is 11.8 Å². The Morgan fingerprint density at radius 1 is 1.09 bits per heavy atom. The second-order valence-electron chi connectivity index (χ2n) is 8.59. The lowest BCUT2D eigenvalue weighted by molar-refractivity contribution is -0.162. The van der Waals surface area contributed by atoms with Crippen molar-refractivity contribution in [2.45, 2.75) is 56.6 Å². The van der Waals surface area contributed by atoms with Gasteiger partial charge in [-0.3, -0.25) is 4.79 Å². The molecule has 2 aliphatic heterocycles. The number of amides is 1. The van der Waals surface area contributed by atoms with Crippen LogP contribution in [0.5, 0.6) is 5.88 Å². The summed E-state index contributed by atoms with van der Waals surface area (Å²) in [5, 5.41) is 7.72. The molecular weight excluding hydrogens is 436 g/mol. The zero-order valence-electron chi connectivity index (χ0n) is 17.6. The van der Waals surface area contributed by atoms with Crippen LogP contribution in [-0.4, -0.2) is 48.9 Å². The number of hydrogen-bond acceptors (Lipinski definition) is 8. The average molecular weight is 455 g/mol. The van der Waals surface area contributed by atoms with Crippen LogP contribution in [0.2, 0.25) is 0 Å². The highest BCUT2D eigenvalue weighted by molar-refractivity contribution is 5.89. The first kappa shape index (κ1) is 20.2. The molecule has 2 aromatic heterocycles. The maximum atomic E-state index is 13.7. The molecule has 1 aliphatic carbocycles. The van der Waals surface area contributed by atoms with Crippen molar-refractivity contribution in [3.8, 4) is 17.5 Å². The highest BCUT2D eigenvalue weighted by Gasteiger charge is 2.63. The molecule has 3 aliphatic rings. The molecule has 6 rings (SSSR count). The van der Waals surface area contributed by atoms with Crippen LogP contribution in [0, 0.1) is 18.6 Å². The summed E-state index contributed by atoms with van der Waals surface area (Å²) < 4.78 is 44.9. The number of hydrogen-bond donors (Lipinski definition) is 0. The lowest BCUT2D eigenvalue weighted by atomic mass is 9.76. The number of benzene rings is 1. The molecule has 0 unspecified atom stereocenters. The molecule has 9 nitrogen and oxygen atoms in total. The van der Waals surface area contributed by atoms with E-state index in [1.54, 1.807) is 17.9 Å². The number of nitrogens with zero attached hydrogens (tertiary/aromatic N) is 5. The summed E-state index contributed by atoms with van der Waals surface area (Å²) in [5.41, 5.74) is -0.0891. The number of halogens is 2. The van der Waals surface area contributed by atoms with E-state index in [0.29, 0.717) is 48.7 Å². The first-order valence-electron chi connectivity index (χ1n) is 10.7. The third-order valence-electron chi connectivity index (χ3n) is 6.38. The summed E-state index contributed by atoms with van der Waals surface area (Å²) in [6.07, 6.45) is 2.60. The Bertz CT molecular complexity index is 1220. The zero-order chi connectivity index (χ0) is 22.7. The molecule has 33 heavy (non-hydrogen) atoms. The second kappa shape index (κ2) is 7.27. The van der Waals surface area contributed by atoms with Gasteiger partial charge >= 0.3 is 0 Å². The summed E-state index contributed by atoms with van der Waals surface area (Å²) in [6, 6.07) is 4.57. The van der Waals surface area contributed by atoms with E-state index < -0.39 is 29.5 Å². The summed E-state index contributed by atoms with van der Waals surface area (Å²) in [7, 11) is 0. The van der Waals surface area contributed by atoms with E-state index in [0.717, 1.165) is 6.07 Å². The van der Waals surface area contributed by atoms with E-state index >= 15 is 0 Å². The Hall–Kier alpha value is -3.47. The highest BCUT2D eigenvalue weighted by Crippen LogP contribution is 2.52. The largest absolute Gasteiger partial charge is 0.474 e. The zero-order valence-corrected chi connectivity index (χ0v) is 17.6. The van der Waals surface area contributed by atoms with Crippen LogP contribution in [0.15, 0.2) is 35.0 Å². The lowest BCUT2D eigenvalue weighted by Gasteiger charge is -2.42. The van der Waals surface area contributed by atoms with Crippen molar-refractivity contribution >= 4 is 5.91 Å². The number of carbonyl (C=O) groups excluding carboxylic acids is 1. The van der Waals surface area contributed by atoms with Crippen LogP contribution < -0.4 is 4.74 Å². The third kappa shape index (κ3) is 3.34. The summed E-state index contributed by atoms with van der Waals surface area (Å²) in [4.78, 5) is 23.2. The first-order chi connectivity index (χ1) is 15.9. The number of aryl methyl sites for hydroxylation is 1. The van der Waals surface area contributed by atoms with E-state index in [4.69, 9.17) is 13.9 Å². The number of fused-ring (bicyclic) bond motifs is 1. The normalized spacial score (nSPS) is 28.3. The fourth-order valence-electron chi connectivity index (χ4n) is 4.93. The van der Waals surface area contributed by atoms with Crippen LogP contribution in [0.25, 0.3) is 11.6 Å². The van der Waals surface area contributed by atoms with Gasteiger partial charge in [-0.25, -0.2) is 18.7 Å². The van der Waals surface area contributed by atoms with Crippen molar-refractivity contribution in [2.75, 3.05) is 0 Å². The molecule has 3 aromatic rings. The molecule has 1 aromatic carbocycles. The lowest BCUT2D eigenvalue weighted by Crippen LogP contribution is -2.56. The van der Waals surface area contributed by atoms with E-state index in [2.05, 4.69) is 20.2 Å². The summed E-state index contributed by atoms with van der Waals surface area (Å²) in [6.45, 7) is 1.68. The molecule has 0 bridgehead atoms. The van der Waals surface area contributed by atoms with Crippen LogP contribution >= 0.6 is 0 Å². The molecule has 0 N–H and O–H groups in total. The maximum Gasteiger partial charge on any atom is 0.266 e. The van der Waals surface area contributed by atoms with Gasteiger partial charge in [0.05, 0.1) is 6.04 Å². The topological polar surface area (TPSA) is 103 Å². The van der Waals surface area contributed by atoms with Crippen LogP contribution in [0.4, 0.5) is 8.78 Å². The minimum atomic E-state index is -0.973.